The summed E-state index contributed by atoms with van der Waals surface area (Å²) in [5, 5.41) is 27.5. The summed E-state index contributed by atoms with van der Waals surface area (Å²) in [6.07, 6.45) is -0.620. The SMILES string of the molecule is Cc1oc(=O)oc1COC(=O)C(O)CCNC(=O)c1cn(O)nn1. The number of rotatable bonds is 7. The highest BCUT2D eigenvalue weighted by atomic mass is 16.6. The van der Waals surface area contributed by atoms with Gasteiger partial charge in [0.25, 0.3) is 5.91 Å². The lowest BCUT2D eigenvalue weighted by Crippen LogP contribution is -2.31. The van der Waals surface area contributed by atoms with Crippen LogP contribution in [0.3, 0.4) is 0 Å². The molecule has 0 aromatic carbocycles. The van der Waals surface area contributed by atoms with Gasteiger partial charge in [-0.1, -0.05) is 4.85 Å². The fourth-order valence-electron chi connectivity index (χ4n) is 1.63. The summed E-state index contributed by atoms with van der Waals surface area (Å²) in [5.74, 6) is -2.28. The van der Waals surface area contributed by atoms with Crippen molar-refractivity contribution in [3.63, 3.8) is 0 Å². The molecule has 0 aliphatic carbocycles. The van der Waals surface area contributed by atoms with E-state index in [1.807, 2.05) is 0 Å². The Balaban J connectivity index is 1.72. The van der Waals surface area contributed by atoms with E-state index in [2.05, 4.69) is 24.5 Å². The molecule has 3 N–H and O–H groups in total. The molecule has 2 heterocycles. The number of aryl methyl sites for hydroxylation is 1. The highest BCUT2D eigenvalue weighted by Crippen LogP contribution is 2.07. The molecule has 0 aliphatic heterocycles. The Labute approximate surface area is 133 Å². The third-order valence-electron chi connectivity index (χ3n) is 2.87. The van der Waals surface area contributed by atoms with E-state index in [0.29, 0.717) is 4.85 Å². The van der Waals surface area contributed by atoms with Crippen LogP contribution in [0.5, 0.6) is 0 Å². The lowest BCUT2D eigenvalue weighted by Gasteiger charge is -2.10. The number of carbonyl (C=O) groups is 2. The summed E-state index contributed by atoms with van der Waals surface area (Å²) in [6.45, 7) is 1.05. The summed E-state index contributed by atoms with van der Waals surface area (Å²) >= 11 is 0. The fraction of sp³-hybridized carbons (Fsp3) is 0.417. The van der Waals surface area contributed by atoms with E-state index >= 15 is 0 Å². The highest BCUT2D eigenvalue weighted by molar-refractivity contribution is 5.91. The van der Waals surface area contributed by atoms with E-state index < -0.39 is 23.8 Å². The Bertz CT molecular complexity index is 776. The Kier molecular flexibility index (Phi) is 5.31. The molecule has 0 radical (unpaired) electrons. The van der Waals surface area contributed by atoms with Crippen molar-refractivity contribution in [1.29, 1.82) is 0 Å². The largest absolute Gasteiger partial charge is 0.519 e. The first-order valence-corrected chi connectivity index (χ1v) is 6.70. The number of amides is 1. The number of nitrogens with zero attached hydrogens (tertiary/aromatic N) is 3. The number of hydrogen-bond acceptors (Lipinski definition) is 10. The Morgan fingerprint density at radius 2 is 2.21 bits per heavy atom. The predicted octanol–water partition coefficient (Wildman–Crippen LogP) is -1.41. The average Bonchev–Trinajstić information content (AvgIpc) is 3.10. The van der Waals surface area contributed by atoms with Crippen LogP contribution in [-0.4, -0.2) is 50.0 Å². The zero-order valence-electron chi connectivity index (χ0n) is 12.5. The number of aliphatic hydroxyl groups is 1. The molecule has 2 aromatic rings. The quantitative estimate of drug-likeness (QED) is 0.401. The number of aliphatic hydroxyl groups excluding tert-OH is 1. The van der Waals surface area contributed by atoms with Crippen LogP contribution in [0.2, 0.25) is 0 Å². The molecule has 0 bridgehead atoms. The van der Waals surface area contributed by atoms with Crippen molar-refractivity contribution >= 4 is 11.9 Å². The van der Waals surface area contributed by atoms with Crippen LogP contribution in [-0.2, 0) is 16.1 Å². The topological polar surface area (TPSA) is 170 Å². The molecule has 0 fully saturated rings. The standard InChI is InChI=1S/C12H14N4O8/c1-6-9(24-12(20)23-6)5-22-11(19)8(17)2-3-13-10(18)7-4-16(21)15-14-7/h4,8,17,21H,2-3,5H2,1H3,(H,13,18). The van der Waals surface area contributed by atoms with Crippen LogP contribution >= 0.6 is 0 Å². The van der Waals surface area contributed by atoms with Crippen molar-refractivity contribution in [2.45, 2.75) is 26.1 Å². The van der Waals surface area contributed by atoms with Gasteiger partial charge in [0.2, 0.25) is 0 Å². The normalized spacial score (nSPS) is 11.9. The van der Waals surface area contributed by atoms with Crippen molar-refractivity contribution in [2.75, 3.05) is 6.54 Å². The second-order valence-electron chi connectivity index (χ2n) is 4.63. The van der Waals surface area contributed by atoms with E-state index in [1.54, 1.807) is 0 Å². The molecule has 12 nitrogen and oxygen atoms in total. The number of carbonyl (C=O) groups excluding carboxylic acids is 2. The molecule has 0 saturated carbocycles. The summed E-state index contributed by atoms with van der Waals surface area (Å²) in [6, 6.07) is 0. The average molecular weight is 342 g/mol. The summed E-state index contributed by atoms with van der Waals surface area (Å²) in [4.78, 5) is 34.4. The van der Waals surface area contributed by atoms with E-state index in [4.69, 9.17) is 9.94 Å². The van der Waals surface area contributed by atoms with Crippen molar-refractivity contribution in [2.24, 2.45) is 0 Å². The molecule has 0 aliphatic rings. The van der Waals surface area contributed by atoms with Gasteiger partial charge in [0.05, 0.1) is 6.20 Å². The summed E-state index contributed by atoms with van der Waals surface area (Å²) in [5.41, 5.74) is -0.125. The minimum absolute atomic E-state index is 0.0425. The maximum Gasteiger partial charge on any atom is 0.519 e. The molecular formula is C12H14N4O8. The van der Waals surface area contributed by atoms with Crippen LogP contribution in [0.25, 0.3) is 0 Å². The van der Waals surface area contributed by atoms with Gasteiger partial charge in [-0.3, -0.25) is 4.79 Å². The van der Waals surface area contributed by atoms with Gasteiger partial charge < -0.3 is 29.2 Å². The third kappa shape index (κ3) is 4.42. The Morgan fingerprint density at radius 3 is 2.79 bits per heavy atom. The molecule has 2 rings (SSSR count). The van der Waals surface area contributed by atoms with Crippen LogP contribution < -0.4 is 11.1 Å². The zero-order valence-corrected chi connectivity index (χ0v) is 12.5. The molecule has 130 valence electrons. The Hall–Kier alpha value is -3.15. The molecule has 0 spiro atoms. The van der Waals surface area contributed by atoms with E-state index in [9.17, 15) is 19.5 Å². The van der Waals surface area contributed by atoms with Gasteiger partial charge in [-0.15, -0.1) is 5.10 Å². The van der Waals surface area contributed by atoms with Crippen molar-refractivity contribution in [3.8, 4) is 0 Å². The van der Waals surface area contributed by atoms with E-state index in [0.717, 1.165) is 6.20 Å². The number of esters is 1. The Morgan fingerprint density at radius 1 is 1.46 bits per heavy atom. The van der Waals surface area contributed by atoms with Crippen molar-refractivity contribution in [1.82, 2.24) is 20.5 Å². The van der Waals surface area contributed by atoms with E-state index in [-0.39, 0.29) is 36.8 Å². The lowest BCUT2D eigenvalue weighted by molar-refractivity contribution is -0.155. The second-order valence-corrected chi connectivity index (χ2v) is 4.63. The smallest absolute Gasteiger partial charge is 0.455 e. The maximum atomic E-state index is 11.6. The lowest BCUT2D eigenvalue weighted by atomic mass is 10.2. The number of ether oxygens (including phenoxy) is 1. The zero-order chi connectivity index (χ0) is 17.7. The van der Waals surface area contributed by atoms with Gasteiger partial charge in [-0.2, -0.15) is 0 Å². The molecule has 12 heteroatoms. The van der Waals surface area contributed by atoms with Gasteiger partial charge in [-0.25, -0.2) is 9.59 Å². The van der Waals surface area contributed by atoms with Crippen LogP contribution in [0, 0.1) is 6.92 Å². The number of nitrogens with one attached hydrogen (secondary N) is 1. The summed E-state index contributed by atoms with van der Waals surface area (Å²) in [7, 11) is 0. The molecule has 24 heavy (non-hydrogen) atoms. The van der Waals surface area contributed by atoms with E-state index in [1.165, 1.54) is 6.92 Å². The molecule has 0 saturated heterocycles. The molecule has 1 amide bonds. The first-order valence-electron chi connectivity index (χ1n) is 6.70. The van der Waals surface area contributed by atoms with Crippen LogP contribution in [0.4, 0.5) is 0 Å². The van der Waals surface area contributed by atoms with Gasteiger partial charge in [0.15, 0.2) is 29.9 Å². The number of aromatic nitrogens is 3. The minimum Gasteiger partial charge on any atom is -0.455 e. The van der Waals surface area contributed by atoms with Gasteiger partial charge >= 0.3 is 11.8 Å². The second kappa shape index (κ2) is 7.41. The van der Waals surface area contributed by atoms with Gasteiger partial charge in [0, 0.05) is 13.0 Å². The maximum absolute atomic E-state index is 11.6. The van der Waals surface area contributed by atoms with Gasteiger partial charge in [0.1, 0.15) is 0 Å². The monoisotopic (exact) mass is 342 g/mol. The van der Waals surface area contributed by atoms with Crippen LogP contribution in [0.15, 0.2) is 19.8 Å². The molecule has 2 aromatic heterocycles. The van der Waals surface area contributed by atoms with Crippen molar-refractivity contribution < 1.29 is 33.5 Å². The first-order chi connectivity index (χ1) is 11.4. The number of hydrogen-bond donors (Lipinski definition) is 3. The molecule has 1 unspecified atom stereocenters. The fourth-order valence-corrected chi connectivity index (χ4v) is 1.63. The summed E-state index contributed by atoms with van der Waals surface area (Å²) < 4.78 is 14.0. The molecule has 1 atom stereocenters. The minimum atomic E-state index is -1.49. The molecular weight excluding hydrogens is 328 g/mol. The predicted molar refractivity (Wildman–Crippen MR) is 71.9 cm³/mol. The van der Waals surface area contributed by atoms with Crippen molar-refractivity contribution in [3.05, 3.63) is 34.0 Å². The van der Waals surface area contributed by atoms with Gasteiger partial charge in [-0.05, 0) is 12.1 Å². The third-order valence-corrected chi connectivity index (χ3v) is 2.87. The highest BCUT2D eigenvalue weighted by Gasteiger charge is 2.19. The van der Waals surface area contributed by atoms with Crippen LogP contribution in [0.1, 0.15) is 28.4 Å². The first kappa shape index (κ1) is 17.2.